The Bertz CT molecular complexity index is 1460. The Balaban J connectivity index is 1.68. The number of carbonyl (C=O) groups is 1. The third-order valence-corrected chi connectivity index (χ3v) is 7.06. The Morgan fingerprint density at radius 2 is 1.86 bits per heavy atom. The van der Waals surface area contributed by atoms with E-state index in [4.69, 9.17) is 4.98 Å². The summed E-state index contributed by atoms with van der Waals surface area (Å²) in [6, 6.07) is 14.3. The molecule has 0 amide bonds. The van der Waals surface area contributed by atoms with E-state index in [2.05, 4.69) is 17.2 Å². The average molecular weight is 509 g/mol. The number of hydrogen-bond donors (Lipinski definition) is 2. The zero-order valence-corrected chi connectivity index (χ0v) is 20.5. The topological polar surface area (TPSA) is 80.0 Å². The number of aryl methyl sites for hydroxylation is 1. The van der Waals surface area contributed by atoms with Crippen molar-refractivity contribution in [3.05, 3.63) is 77.0 Å². The zero-order valence-electron chi connectivity index (χ0n) is 20.5. The number of fused-ring (bicyclic) bond motifs is 1. The fourth-order valence-electron chi connectivity index (χ4n) is 4.78. The van der Waals surface area contributed by atoms with E-state index < -0.39 is 17.7 Å². The third kappa shape index (κ3) is 5.03. The molecule has 0 aliphatic heterocycles. The van der Waals surface area contributed by atoms with Crippen molar-refractivity contribution in [2.75, 3.05) is 5.32 Å². The molecule has 37 heavy (non-hydrogen) atoms. The van der Waals surface area contributed by atoms with Crippen LogP contribution in [-0.4, -0.2) is 31.7 Å². The van der Waals surface area contributed by atoms with E-state index in [1.54, 1.807) is 0 Å². The van der Waals surface area contributed by atoms with Gasteiger partial charge in [0.05, 0.1) is 11.1 Å². The lowest BCUT2D eigenvalue weighted by Gasteiger charge is -2.32. The number of carboxylic acids is 1. The number of carboxylic acid groups (broad SMARTS) is 1. The molecule has 2 aromatic heterocycles. The van der Waals surface area contributed by atoms with Crippen molar-refractivity contribution in [2.45, 2.75) is 51.9 Å². The molecule has 0 saturated heterocycles. The molecule has 0 bridgehead atoms. The Morgan fingerprint density at radius 1 is 1.14 bits per heavy atom. The first kappa shape index (κ1) is 24.8. The summed E-state index contributed by atoms with van der Waals surface area (Å²) >= 11 is 0. The molecule has 0 spiro atoms. The minimum atomic E-state index is -4.42. The molecule has 2 N–H and O–H groups in total. The van der Waals surface area contributed by atoms with E-state index in [0.717, 1.165) is 42.5 Å². The van der Waals surface area contributed by atoms with Gasteiger partial charge in [0.2, 0.25) is 0 Å². The van der Waals surface area contributed by atoms with Gasteiger partial charge in [-0.15, -0.1) is 0 Å². The molecule has 2 heterocycles. The predicted octanol–water partition coefficient (Wildman–Crippen LogP) is 6.77. The highest BCUT2D eigenvalue weighted by molar-refractivity contribution is 5.96. The second kappa shape index (κ2) is 9.53. The molecule has 6 nitrogen and oxygen atoms in total. The lowest BCUT2D eigenvalue weighted by atomic mass is 9.80. The quantitative estimate of drug-likeness (QED) is 0.288. The van der Waals surface area contributed by atoms with E-state index in [0.29, 0.717) is 34.2 Å². The number of anilines is 1. The van der Waals surface area contributed by atoms with Crippen molar-refractivity contribution >= 4 is 22.8 Å². The van der Waals surface area contributed by atoms with Crippen molar-refractivity contribution in [3.63, 3.8) is 0 Å². The van der Waals surface area contributed by atoms with Gasteiger partial charge in [0.25, 0.3) is 0 Å². The molecule has 1 fully saturated rings. The van der Waals surface area contributed by atoms with Crippen LogP contribution in [0.25, 0.3) is 22.4 Å². The standard InChI is InChI=1S/C28H27F3N4O2/c1-16-5-3-8-20(13-16)26-34-22-14-23(27(36)37)33-25(32-17(2)19-6-4-7-19)24(22)35(26)15-18-9-11-21(12-10-18)28(29,30)31/h3,5,8-14,17,19H,4,6-7,15H2,1-2H3,(H,32,33)(H,36,37)/t17-/m0/s1. The van der Waals surface area contributed by atoms with Crippen LogP contribution in [0.15, 0.2) is 54.6 Å². The van der Waals surface area contributed by atoms with Gasteiger partial charge < -0.3 is 15.0 Å². The van der Waals surface area contributed by atoms with Crippen LogP contribution in [0.5, 0.6) is 0 Å². The molecule has 2 aromatic carbocycles. The second-order valence-electron chi connectivity index (χ2n) is 9.74. The highest BCUT2D eigenvalue weighted by Crippen LogP contribution is 2.35. The Morgan fingerprint density at radius 3 is 2.46 bits per heavy atom. The van der Waals surface area contributed by atoms with E-state index in [9.17, 15) is 23.1 Å². The van der Waals surface area contributed by atoms with Crippen molar-refractivity contribution in [1.82, 2.24) is 14.5 Å². The van der Waals surface area contributed by atoms with Crippen LogP contribution in [0, 0.1) is 12.8 Å². The summed E-state index contributed by atoms with van der Waals surface area (Å²) in [5.74, 6) is 0.304. The summed E-state index contributed by atoms with van der Waals surface area (Å²) in [7, 11) is 0. The molecule has 5 rings (SSSR count). The van der Waals surface area contributed by atoms with Gasteiger partial charge in [0.1, 0.15) is 11.3 Å². The first-order valence-corrected chi connectivity index (χ1v) is 12.2. The fraction of sp³-hybridized carbons (Fsp3) is 0.321. The maximum Gasteiger partial charge on any atom is 0.416 e. The van der Waals surface area contributed by atoms with Crippen LogP contribution in [0.2, 0.25) is 0 Å². The highest BCUT2D eigenvalue weighted by Gasteiger charge is 2.30. The summed E-state index contributed by atoms with van der Waals surface area (Å²) < 4.78 is 41.3. The molecular formula is C28H27F3N4O2. The number of imidazole rings is 1. The van der Waals surface area contributed by atoms with E-state index >= 15 is 0 Å². The summed E-state index contributed by atoms with van der Waals surface area (Å²) in [6.07, 6.45) is -1.07. The van der Waals surface area contributed by atoms with Crippen LogP contribution in [0.3, 0.4) is 0 Å². The number of hydrogen-bond acceptors (Lipinski definition) is 4. The van der Waals surface area contributed by atoms with Crippen LogP contribution < -0.4 is 5.32 Å². The van der Waals surface area contributed by atoms with E-state index in [-0.39, 0.29) is 18.3 Å². The number of aromatic nitrogens is 3. The average Bonchev–Trinajstić information content (AvgIpc) is 3.16. The van der Waals surface area contributed by atoms with Crippen molar-refractivity contribution in [2.24, 2.45) is 5.92 Å². The second-order valence-corrected chi connectivity index (χ2v) is 9.74. The summed E-state index contributed by atoms with van der Waals surface area (Å²) in [5, 5.41) is 13.1. The summed E-state index contributed by atoms with van der Waals surface area (Å²) in [5.41, 5.74) is 2.74. The molecule has 4 aromatic rings. The largest absolute Gasteiger partial charge is 0.477 e. The molecule has 9 heteroatoms. The van der Waals surface area contributed by atoms with Gasteiger partial charge in [-0.05, 0) is 62.4 Å². The van der Waals surface area contributed by atoms with Crippen molar-refractivity contribution in [3.8, 4) is 11.4 Å². The normalized spacial score (nSPS) is 14.9. The van der Waals surface area contributed by atoms with E-state index in [1.807, 2.05) is 35.8 Å². The Kier molecular flexibility index (Phi) is 6.39. The van der Waals surface area contributed by atoms with Gasteiger partial charge in [-0.2, -0.15) is 13.2 Å². The van der Waals surface area contributed by atoms with Gasteiger partial charge in [0, 0.05) is 18.2 Å². The number of aromatic carboxylic acids is 1. The molecule has 0 radical (unpaired) electrons. The lowest BCUT2D eigenvalue weighted by Crippen LogP contribution is -2.31. The number of pyridine rings is 1. The van der Waals surface area contributed by atoms with Crippen molar-refractivity contribution < 1.29 is 23.1 Å². The maximum absolute atomic E-state index is 13.1. The van der Waals surface area contributed by atoms with Gasteiger partial charge >= 0.3 is 12.1 Å². The maximum atomic E-state index is 13.1. The van der Waals surface area contributed by atoms with Gasteiger partial charge in [-0.3, -0.25) is 0 Å². The number of nitrogens with one attached hydrogen (secondary N) is 1. The smallest absolute Gasteiger partial charge is 0.416 e. The van der Waals surface area contributed by atoms with Crippen molar-refractivity contribution in [1.29, 1.82) is 0 Å². The zero-order chi connectivity index (χ0) is 26.3. The monoisotopic (exact) mass is 508 g/mol. The molecule has 1 aliphatic rings. The number of halogens is 3. The van der Waals surface area contributed by atoms with Crippen LogP contribution in [0.4, 0.5) is 19.0 Å². The van der Waals surface area contributed by atoms with Gasteiger partial charge in [-0.1, -0.05) is 42.3 Å². The first-order chi connectivity index (χ1) is 17.6. The Labute approximate surface area is 212 Å². The fourth-order valence-corrected chi connectivity index (χ4v) is 4.78. The number of nitrogens with zero attached hydrogens (tertiary/aromatic N) is 3. The van der Waals surface area contributed by atoms with E-state index in [1.165, 1.54) is 18.2 Å². The first-order valence-electron chi connectivity index (χ1n) is 12.2. The molecule has 1 aliphatic carbocycles. The molecular weight excluding hydrogens is 481 g/mol. The molecule has 1 atom stereocenters. The predicted molar refractivity (Wildman–Crippen MR) is 136 cm³/mol. The lowest BCUT2D eigenvalue weighted by molar-refractivity contribution is -0.137. The van der Waals surface area contributed by atoms with Gasteiger partial charge in [0.15, 0.2) is 11.5 Å². The number of benzene rings is 2. The van der Waals surface area contributed by atoms with Gasteiger partial charge in [-0.25, -0.2) is 14.8 Å². The van der Waals surface area contributed by atoms with Crippen LogP contribution in [-0.2, 0) is 12.7 Å². The number of alkyl halides is 3. The minimum absolute atomic E-state index is 0.0744. The molecule has 192 valence electrons. The molecule has 1 saturated carbocycles. The summed E-state index contributed by atoms with van der Waals surface area (Å²) in [6.45, 7) is 4.26. The van der Waals surface area contributed by atoms with Crippen LogP contribution in [0.1, 0.15) is 53.4 Å². The highest BCUT2D eigenvalue weighted by atomic mass is 19.4. The number of rotatable bonds is 7. The molecule has 0 unspecified atom stereocenters. The minimum Gasteiger partial charge on any atom is -0.477 e. The summed E-state index contributed by atoms with van der Waals surface area (Å²) in [4.78, 5) is 21.1. The Hall–Kier alpha value is -3.88. The third-order valence-electron chi connectivity index (χ3n) is 7.06. The van der Waals surface area contributed by atoms with Crippen LogP contribution >= 0.6 is 0 Å². The SMILES string of the molecule is Cc1cccc(-c2nc3cc(C(=O)O)nc(N[C@@H](C)C4CCC4)c3n2Cc2ccc(C(F)(F)F)cc2)c1.